The van der Waals surface area contributed by atoms with Crippen molar-refractivity contribution in [3.8, 4) is 11.5 Å². The molecule has 1 heterocycles. The van der Waals surface area contributed by atoms with Gasteiger partial charge >= 0.3 is 0 Å². The molecule has 4 aromatic carbocycles. The molecule has 0 aromatic heterocycles. The number of hydrogen-bond donors (Lipinski definition) is 1. The van der Waals surface area contributed by atoms with E-state index in [1.807, 2.05) is 109 Å². The number of hydrogen-bond acceptors (Lipinski definition) is 4. The number of rotatable bonds is 8. The normalized spacial score (nSPS) is 15.5. The molecule has 196 valence electrons. The molecule has 0 aliphatic carbocycles. The third-order valence-corrected chi connectivity index (χ3v) is 7.35. The fraction of sp³-hybridized carbons (Fsp3) is 0.121. The molecule has 1 aliphatic heterocycles. The molecule has 0 bridgehead atoms. The predicted octanol–water partition coefficient (Wildman–Crippen LogP) is 8.01. The maximum absolute atomic E-state index is 13.2. The summed E-state index contributed by atoms with van der Waals surface area (Å²) in [6.07, 6.45) is 3.89. The van der Waals surface area contributed by atoms with Crippen molar-refractivity contribution in [3.63, 3.8) is 0 Å². The number of benzene rings is 4. The van der Waals surface area contributed by atoms with Crippen LogP contribution in [0.15, 0.2) is 117 Å². The first-order chi connectivity index (χ1) is 19.0. The van der Waals surface area contributed by atoms with Gasteiger partial charge in [-0.15, -0.1) is 0 Å². The fourth-order valence-corrected chi connectivity index (χ4v) is 4.68. The summed E-state index contributed by atoms with van der Waals surface area (Å²) < 4.78 is 13.9. The first-order valence-corrected chi connectivity index (χ1v) is 14.2. The molecule has 0 saturated carbocycles. The second-order valence-electron chi connectivity index (χ2n) is 9.24. The van der Waals surface area contributed by atoms with E-state index in [0.29, 0.717) is 26.3 Å². The lowest BCUT2D eigenvalue weighted by molar-refractivity contribution is -0.112. The SMILES string of the molecule is O=C1/C(=C/c2ccc(OCc3ccc(Br)cc3)cc2)CNC/C1=C\c1ccc(OCc2ccc(Br)cc2)cc1. The fourth-order valence-electron chi connectivity index (χ4n) is 4.15. The Morgan fingerprint density at radius 3 is 1.36 bits per heavy atom. The molecule has 0 unspecified atom stereocenters. The van der Waals surface area contributed by atoms with Crippen LogP contribution in [0.5, 0.6) is 11.5 Å². The highest BCUT2D eigenvalue weighted by molar-refractivity contribution is 9.10. The zero-order chi connectivity index (χ0) is 27.0. The van der Waals surface area contributed by atoms with Crippen molar-refractivity contribution in [1.29, 1.82) is 0 Å². The van der Waals surface area contributed by atoms with Gasteiger partial charge in [0.2, 0.25) is 0 Å². The van der Waals surface area contributed by atoms with Gasteiger partial charge < -0.3 is 14.8 Å². The molecule has 1 fully saturated rings. The highest BCUT2D eigenvalue weighted by Gasteiger charge is 2.20. The molecule has 5 rings (SSSR count). The number of piperidine rings is 1. The van der Waals surface area contributed by atoms with Crippen LogP contribution in [0, 0.1) is 0 Å². The molecule has 0 spiro atoms. The number of ether oxygens (including phenoxy) is 2. The van der Waals surface area contributed by atoms with E-state index >= 15 is 0 Å². The van der Waals surface area contributed by atoms with E-state index in [2.05, 4.69) is 37.2 Å². The van der Waals surface area contributed by atoms with Crippen LogP contribution in [0.2, 0.25) is 0 Å². The van der Waals surface area contributed by atoms with Gasteiger partial charge in [-0.05, 0) is 82.9 Å². The highest BCUT2D eigenvalue weighted by atomic mass is 79.9. The smallest absolute Gasteiger partial charge is 0.187 e. The first kappa shape index (κ1) is 27.1. The van der Waals surface area contributed by atoms with Crippen LogP contribution in [0.1, 0.15) is 22.3 Å². The lowest BCUT2D eigenvalue weighted by Gasteiger charge is -2.18. The average molecular weight is 645 g/mol. The molecule has 0 radical (unpaired) electrons. The van der Waals surface area contributed by atoms with E-state index in [4.69, 9.17) is 9.47 Å². The summed E-state index contributed by atoms with van der Waals surface area (Å²) in [5.41, 5.74) is 5.61. The Balaban J connectivity index is 1.19. The minimum atomic E-state index is 0.0693. The van der Waals surface area contributed by atoms with Gasteiger partial charge in [0, 0.05) is 33.2 Å². The van der Waals surface area contributed by atoms with Crippen LogP contribution in [0.4, 0.5) is 0 Å². The van der Waals surface area contributed by atoms with E-state index in [-0.39, 0.29) is 5.78 Å². The van der Waals surface area contributed by atoms with E-state index in [1.54, 1.807) is 0 Å². The van der Waals surface area contributed by atoms with Crippen molar-refractivity contribution >= 4 is 49.8 Å². The van der Waals surface area contributed by atoms with Crippen molar-refractivity contribution in [2.24, 2.45) is 0 Å². The van der Waals surface area contributed by atoms with Crippen molar-refractivity contribution in [2.45, 2.75) is 13.2 Å². The van der Waals surface area contributed by atoms with Gasteiger partial charge in [0.15, 0.2) is 5.78 Å². The van der Waals surface area contributed by atoms with Gasteiger partial charge in [0.25, 0.3) is 0 Å². The summed E-state index contributed by atoms with van der Waals surface area (Å²) in [5, 5.41) is 3.35. The van der Waals surface area contributed by atoms with Gasteiger partial charge in [0.1, 0.15) is 24.7 Å². The summed E-state index contributed by atoms with van der Waals surface area (Å²) >= 11 is 6.89. The molecule has 1 saturated heterocycles. The van der Waals surface area contributed by atoms with Crippen molar-refractivity contribution < 1.29 is 14.3 Å². The van der Waals surface area contributed by atoms with Gasteiger partial charge in [-0.1, -0.05) is 80.4 Å². The Morgan fingerprint density at radius 2 is 0.974 bits per heavy atom. The van der Waals surface area contributed by atoms with Crippen LogP contribution >= 0.6 is 31.9 Å². The maximum Gasteiger partial charge on any atom is 0.187 e. The molecule has 0 atom stereocenters. The maximum atomic E-state index is 13.2. The molecule has 0 amide bonds. The van der Waals surface area contributed by atoms with Crippen LogP contribution in [0.3, 0.4) is 0 Å². The molecule has 4 aromatic rings. The van der Waals surface area contributed by atoms with Gasteiger partial charge in [-0.3, -0.25) is 4.79 Å². The van der Waals surface area contributed by atoms with Gasteiger partial charge in [-0.2, -0.15) is 0 Å². The molecular weight excluding hydrogens is 618 g/mol. The topological polar surface area (TPSA) is 47.6 Å². The zero-order valence-electron chi connectivity index (χ0n) is 21.2. The van der Waals surface area contributed by atoms with Crippen LogP contribution in [0.25, 0.3) is 12.2 Å². The predicted molar refractivity (Wildman–Crippen MR) is 164 cm³/mol. The Bertz CT molecular complexity index is 1360. The third-order valence-electron chi connectivity index (χ3n) is 6.29. The number of ketones is 1. The van der Waals surface area contributed by atoms with Crippen molar-refractivity contribution in [2.75, 3.05) is 13.1 Å². The Labute approximate surface area is 245 Å². The highest BCUT2D eigenvalue weighted by Crippen LogP contribution is 2.22. The van der Waals surface area contributed by atoms with Crippen LogP contribution in [-0.2, 0) is 18.0 Å². The van der Waals surface area contributed by atoms with Crippen LogP contribution in [-0.4, -0.2) is 18.9 Å². The number of carbonyl (C=O) groups excluding carboxylic acids is 1. The Morgan fingerprint density at radius 1 is 0.590 bits per heavy atom. The number of nitrogens with one attached hydrogen (secondary N) is 1. The molecule has 1 aliphatic rings. The summed E-state index contributed by atoms with van der Waals surface area (Å²) in [6, 6.07) is 31.8. The zero-order valence-corrected chi connectivity index (χ0v) is 24.4. The lowest BCUT2D eigenvalue weighted by atomic mass is 9.95. The Hall–Kier alpha value is -3.45. The van der Waals surface area contributed by atoms with Gasteiger partial charge in [0.05, 0.1) is 0 Å². The summed E-state index contributed by atoms with van der Waals surface area (Å²) in [7, 11) is 0. The van der Waals surface area contributed by atoms with E-state index in [9.17, 15) is 4.79 Å². The van der Waals surface area contributed by atoms with Gasteiger partial charge in [-0.25, -0.2) is 0 Å². The largest absolute Gasteiger partial charge is 0.489 e. The average Bonchev–Trinajstić information content (AvgIpc) is 2.96. The van der Waals surface area contributed by atoms with Crippen LogP contribution < -0.4 is 14.8 Å². The molecular formula is C33H27Br2NO3. The van der Waals surface area contributed by atoms with E-state index < -0.39 is 0 Å². The summed E-state index contributed by atoms with van der Waals surface area (Å²) in [5.74, 6) is 1.65. The second kappa shape index (κ2) is 13.1. The number of carbonyl (C=O) groups is 1. The second-order valence-corrected chi connectivity index (χ2v) is 11.1. The third kappa shape index (κ3) is 7.79. The lowest BCUT2D eigenvalue weighted by Crippen LogP contribution is -2.32. The molecule has 6 heteroatoms. The number of Topliss-reactive ketones (excluding diaryl/α,β-unsaturated/α-hetero) is 1. The van der Waals surface area contributed by atoms with E-state index in [0.717, 1.165) is 53.8 Å². The van der Waals surface area contributed by atoms with E-state index in [1.165, 1.54) is 0 Å². The first-order valence-electron chi connectivity index (χ1n) is 12.6. The quantitative estimate of drug-likeness (QED) is 0.197. The standard InChI is InChI=1S/C33H27Br2NO3/c34-29-9-1-25(2-10-29)21-38-31-13-5-23(6-14-31)17-27-19-36-20-28(33(27)37)18-24-7-15-32(16-8-24)39-22-26-3-11-30(35)12-4-26/h1-18,36H,19-22H2/b27-17+,28-18+. The minimum Gasteiger partial charge on any atom is -0.489 e. The molecule has 1 N–H and O–H groups in total. The monoisotopic (exact) mass is 643 g/mol. The summed E-state index contributed by atoms with van der Waals surface area (Å²) in [4.78, 5) is 13.2. The van der Waals surface area contributed by atoms with Crippen molar-refractivity contribution in [3.05, 3.63) is 139 Å². The van der Waals surface area contributed by atoms with Crippen molar-refractivity contribution in [1.82, 2.24) is 5.32 Å². The molecule has 4 nitrogen and oxygen atoms in total. The Kier molecular flexibility index (Phi) is 9.09. The molecule has 39 heavy (non-hydrogen) atoms. The summed E-state index contributed by atoms with van der Waals surface area (Å²) in [6.45, 7) is 2.09. The minimum absolute atomic E-state index is 0.0693. The number of halogens is 2.